The zero-order chi connectivity index (χ0) is 30.6. The molecule has 0 aromatic heterocycles. The number of ketones is 1. The van der Waals surface area contributed by atoms with Crippen molar-refractivity contribution < 1.29 is 9.72 Å². The van der Waals surface area contributed by atoms with Crippen LogP contribution >= 0.6 is 0 Å². The molecular formula is C39H32N2O3. The summed E-state index contributed by atoms with van der Waals surface area (Å²) < 4.78 is 0. The first-order valence-corrected chi connectivity index (χ1v) is 14.8. The van der Waals surface area contributed by atoms with E-state index in [1.165, 1.54) is 23.1 Å². The third kappa shape index (κ3) is 3.96. The molecular weight excluding hydrogens is 544 g/mol. The average molecular weight is 577 g/mol. The van der Waals surface area contributed by atoms with Crippen LogP contribution < -0.4 is 4.90 Å². The van der Waals surface area contributed by atoms with Gasteiger partial charge in [0.15, 0.2) is 5.78 Å². The Bertz CT molecular complexity index is 1990. The van der Waals surface area contributed by atoms with Crippen molar-refractivity contribution in [3.63, 3.8) is 0 Å². The first kappa shape index (κ1) is 27.5. The van der Waals surface area contributed by atoms with Gasteiger partial charge in [0.05, 0.1) is 16.4 Å². The second kappa shape index (κ2) is 10.2. The SMILES string of the molecule is CN1c2ccc3ccccc3c2C(C)(C)[C@@]12C=C(c1ccccc1)C=C(c1ccc([N+](=O)[O-])cc1)[C@H]2C(=O)c1ccccc1. The number of benzene rings is 5. The second-order valence-electron chi connectivity index (χ2n) is 12.2. The standard InChI is InChI=1S/C39H32N2O3/c1-38(2)35-32-17-11-10-14-27(32)20-23-34(35)40(3)39(38)25-30(26-12-6-4-7-13-26)24-33(28-18-21-31(22-19-28)41(43)44)36(39)37(42)29-15-8-5-9-16-29/h4-25,36H,1-3H3/t36-,39-/m0/s1. The first-order chi connectivity index (χ1) is 21.2. The molecule has 0 bridgehead atoms. The summed E-state index contributed by atoms with van der Waals surface area (Å²) in [5.41, 5.74) is 5.27. The lowest BCUT2D eigenvalue weighted by molar-refractivity contribution is -0.384. The van der Waals surface area contributed by atoms with Crippen LogP contribution in [0.15, 0.2) is 133 Å². The molecule has 0 unspecified atom stereocenters. The minimum atomic E-state index is -0.816. The molecule has 0 amide bonds. The van der Waals surface area contributed by atoms with Gasteiger partial charge in [-0.15, -0.1) is 0 Å². The van der Waals surface area contributed by atoms with Crippen molar-refractivity contribution >= 4 is 39.1 Å². The van der Waals surface area contributed by atoms with Crippen LogP contribution in [0.4, 0.5) is 11.4 Å². The zero-order valence-electron chi connectivity index (χ0n) is 24.9. The van der Waals surface area contributed by atoms with Crippen molar-refractivity contribution in [3.8, 4) is 0 Å². The fraction of sp³-hybridized carbons (Fsp3) is 0.154. The Morgan fingerprint density at radius 3 is 2.09 bits per heavy atom. The number of carbonyl (C=O) groups is 1. The van der Waals surface area contributed by atoms with Gasteiger partial charge in [-0.25, -0.2) is 0 Å². The summed E-state index contributed by atoms with van der Waals surface area (Å²) >= 11 is 0. The van der Waals surface area contributed by atoms with Gasteiger partial charge in [0.1, 0.15) is 0 Å². The molecule has 1 heterocycles. The van der Waals surface area contributed by atoms with E-state index >= 15 is 4.79 Å². The van der Waals surface area contributed by atoms with Gasteiger partial charge in [0.2, 0.25) is 0 Å². The molecule has 2 atom stereocenters. The molecule has 1 spiro atoms. The topological polar surface area (TPSA) is 63.4 Å². The first-order valence-electron chi connectivity index (χ1n) is 14.8. The van der Waals surface area contributed by atoms with E-state index in [4.69, 9.17) is 0 Å². The fourth-order valence-electron chi connectivity index (χ4n) is 7.63. The summed E-state index contributed by atoms with van der Waals surface area (Å²) in [5.74, 6) is -0.611. The van der Waals surface area contributed by atoms with Crippen LogP contribution in [0.1, 0.15) is 40.9 Å². The molecule has 5 nitrogen and oxygen atoms in total. The third-order valence-electron chi connectivity index (χ3n) is 9.73. The molecule has 1 aliphatic heterocycles. The van der Waals surface area contributed by atoms with Gasteiger partial charge in [-0.05, 0) is 69.0 Å². The van der Waals surface area contributed by atoms with Crippen LogP contribution in [0.5, 0.6) is 0 Å². The average Bonchev–Trinajstić information content (AvgIpc) is 3.23. The minimum absolute atomic E-state index is 0.00982. The van der Waals surface area contributed by atoms with E-state index in [0.29, 0.717) is 5.56 Å². The maximum atomic E-state index is 15.0. The molecule has 44 heavy (non-hydrogen) atoms. The predicted molar refractivity (Wildman–Crippen MR) is 178 cm³/mol. The summed E-state index contributed by atoms with van der Waals surface area (Å²) in [6, 6.07) is 39.1. The maximum Gasteiger partial charge on any atom is 0.269 e. The molecule has 2 aliphatic rings. The Morgan fingerprint density at radius 2 is 1.41 bits per heavy atom. The number of hydrogen-bond donors (Lipinski definition) is 0. The smallest absolute Gasteiger partial charge is 0.269 e. The van der Waals surface area contributed by atoms with Crippen LogP contribution in [-0.2, 0) is 5.41 Å². The summed E-state index contributed by atoms with van der Waals surface area (Å²) in [5, 5.41) is 13.9. The maximum absolute atomic E-state index is 15.0. The van der Waals surface area contributed by atoms with Crippen LogP contribution in [-0.4, -0.2) is 23.3 Å². The highest BCUT2D eigenvalue weighted by Crippen LogP contribution is 2.61. The van der Waals surface area contributed by atoms with Gasteiger partial charge < -0.3 is 4.90 Å². The normalized spacial score (nSPS) is 20.2. The Balaban J connectivity index is 1.56. The molecule has 216 valence electrons. The van der Waals surface area contributed by atoms with E-state index in [9.17, 15) is 10.1 Å². The molecule has 0 saturated heterocycles. The summed E-state index contributed by atoms with van der Waals surface area (Å²) in [4.78, 5) is 28.5. The van der Waals surface area contributed by atoms with E-state index in [1.54, 1.807) is 12.1 Å². The van der Waals surface area contributed by atoms with E-state index in [1.807, 2.05) is 48.5 Å². The van der Waals surface area contributed by atoms with Crippen LogP contribution in [0.25, 0.3) is 21.9 Å². The number of non-ortho nitro benzene ring substituents is 1. The number of likely N-dealkylation sites (N-methyl/N-ethyl adjacent to an activating group) is 1. The number of nitro benzene ring substituents is 1. The molecule has 0 saturated carbocycles. The Labute approximate surface area is 256 Å². The zero-order valence-corrected chi connectivity index (χ0v) is 24.9. The van der Waals surface area contributed by atoms with E-state index in [-0.39, 0.29) is 11.5 Å². The van der Waals surface area contributed by atoms with Gasteiger partial charge in [0, 0.05) is 35.8 Å². The molecule has 7 rings (SSSR count). The number of hydrogen-bond acceptors (Lipinski definition) is 4. The highest BCUT2D eigenvalue weighted by atomic mass is 16.6. The van der Waals surface area contributed by atoms with Gasteiger partial charge in [0.25, 0.3) is 5.69 Å². The number of anilines is 1. The number of Topliss-reactive ketones (excluding diaryl/α,β-unsaturated/α-hetero) is 1. The molecule has 5 heteroatoms. The highest BCUT2D eigenvalue weighted by Gasteiger charge is 2.62. The number of fused-ring (bicyclic) bond motifs is 3. The van der Waals surface area contributed by atoms with E-state index < -0.39 is 21.8 Å². The van der Waals surface area contributed by atoms with Crippen molar-refractivity contribution in [2.75, 3.05) is 11.9 Å². The van der Waals surface area contributed by atoms with Gasteiger partial charge in [-0.1, -0.05) is 105 Å². The van der Waals surface area contributed by atoms with Crippen molar-refractivity contribution in [1.82, 2.24) is 0 Å². The van der Waals surface area contributed by atoms with Crippen molar-refractivity contribution in [2.45, 2.75) is 24.8 Å². The quantitative estimate of drug-likeness (QED) is 0.119. The molecule has 5 aromatic rings. The van der Waals surface area contributed by atoms with Crippen molar-refractivity contribution in [1.29, 1.82) is 0 Å². The molecule has 0 radical (unpaired) electrons. The lowest BCUT2D eigenvalue weighted by Crippen LogP contribution is -2.61. The number of carbonyl (C=O) groups excluding carboxylic acids is 1. The largest absolute Gasteiger partial charge is 0.363 e. The molecule has 0 N–H and O–H groups in total. The second-order valence-corrected chi connectivity index (χ2v) is 12.2. The molecule has 5 aromatic carbocycles. The fourth-order valence-corrected chi connectivity index (χ4v) is 7.63. The number of allylic oxidation sites excluding steroid dienone is 2. The monoisotopic (exact) mass is 576 g/mol. The lowest BCUT2D eigenvalue weighted by atomic mass is 9.57. The van der Waals surface area contributed by atoms with E-state index in [2.05, 4.69) is 86.5 Å². The van der Waals surface area contributed by atoms with Crippen molar-refractivity contribution in [3.05, 3.63) is 166 Å². The number of nitrogens with zero attached hydrogens (tertiary/aromatic N) is 2. The Kier molecular flexibility index (Phi) is 6.36. The summed E-state index contributed by atoms with van der Waals surface area (Å²) in [7, 11) is 2.10. The van der Waals surface area contributed by atoms with E-state index in [0.717, 1.165) is 33.3 Å². The summed E-state index contributed by atoms with van der Waals surface area (Å²) in [6.45, 7) is 4.51. The lowest BCUT2D eigenvalue weighted by Gasteiger charge is -2.52. The highest BCUT2D eigenvalue weighted by molar-refractivity contribution is 6.11. The van der Waals surface area contributed by atoms with Gasteiger partial charge in [-0.2, -0.15) is 0 Å². The van der Waals surface area contributed by atoms with Gasteiger partial charge in [-0.3, -0.25) is 14.9 Å². The van der Waals surface area contributed by atoms with Crippen LogP contribution in [0, 0.1) is 16.0 Å². The van der Waals surface area contributed by atoms with Gasteiger partial charge >= 0.3 is 0 Å². The molecule has 1 aliphatic carbocycles. The minimum Gasteiger partial charge on any atom is -0.363 e. The predicted octanol–water partition coefficient (Wildman–Crippen LogP) is 8.89. The number of nitro groups is 1. The Hall–Kier alpha value is -5.29. The van der Waals surface area contributed by atoms with Crippen molar-refractivity contribution in [2.24, 2.45) is 5.92 Å². The number of rotatable bonds is 5. The Morgan fingerprint density at radius 1 is 0.773 bits per heavy atom. The molecule has 0 fully saturated rings. The van der Waals surface area contributed by atoms with Crippen LogP contribution in [0.3, 0.4) is 0 Å². The third-order valence-corrected chi connectivity index (χ3v) is 9.73. The summed E-state index contributed by atoms with van der Waals surface area (Å²) in [6.07, 6.45) is 4.41. The van der Waals surface area contributed by atoms with Crippen LogP contribution in [0.2, 0.25) is 0 Å².